The average Bonchev–Trinajstić information content (AvgIpc) is 0.811. The van der Waals surface area contributed by atoms with Gasteiger partial charge in [0.1, 0.15) is 0 Å². The van der Waals surface area contributed by atoms with E-state index >= 15 is 0 Å². The first-order valence-electron chi connectivity index (χ1n) is 0.993. The van der Waals surface area contributed by atoms with E-state index in [1.54, 1.807) is 0 Å². The van der Waals surface area contributed by atoms with Gasteiger partial charge >= 0.3 is 0 Å². The van der Waals surface area contributed by atoms with Gasteiger partial charge in [0.2, 0.25) is 5.91 Å². The smallest absolute Gasteiger partial charge is 0.214 e. The van der Waals surface area contributed by atoms with Crippen LogP contribution in [0.2, 0.25) is 0 Å². The van der Waals surface area contributed by atoms with E-state index in [2.05, 4.69) is 5.73 Å². The fourth-order valence-electron chi connectivity index (χ4n) is 0. The van der Waals surface area contributed by atoms with Crippen LogP contribution < -0.4 is 5.73 Å². The van der Waals surface area contributed by atoms with E-state index in [1.807, 2.05) is 0 Å². The zero-order chi connectivity index (χ0) is 3.58. The number of primary amides is 1. The molecule has 1 amide bonds. The Balaban J connectivity index is -0.0000000450. The van der Waals surface area contributed by atoms with Gasteiger partial charge in [0.25, 0.3) is 0 Å². The van der Waals surface area contributed by atoms with E-state index in [4.69, 9.17) is 0 Å². The van der Waals surface area contributed by atoms with Gasteiger partial charge in [-0.25, -0.2) is 0 Å². The summed E-state index contributed by atoms with van der Waals surface area (Å²) in [5.41, 5.74) is 4.47. The molecular formula is C2H5K2NO. The minimum atomic E-state index is -0.333. The van der Waals surface area contributed by atoms with Crippen LogP contribution >= 0.6 is 0 Å². The van der Waals surface area contributed by atoms with Crippen LogP contribution in [0.15, 0.2) is 0 Å². The van der Waals surface area contributed by atoms with E-state index in [0.717, 1.165) is 0 Å². The van der Waals surface area contributed by atoms with Gasteiger partial charge in [-0.15, -0.1) is 0 Å². The zero-order valence-electron chi connectivity index (χ0n) is 4.49. The summed E-state index contributed by atoms with van der Waals surface area (Å²) >= 11 is 0. The van der Waals surface area contributed by atoms with Crippen LogP contribution in [0.25, 0.3) is 0 Å². The molecule has 26 valence electrons. The minimum absolute atomic E-state index is 0. The summed E-state index contributed by atoms with van der Waals surface area (Å²) in [6, 6.07) is 0. The molecule has 2 nitrogen and oxygen atoms in total. The predicted molar refractivity (Wildman–Crippen MR) is 26.4 cm³/mol. The Labute approximate surface area is 122 Å². The molecule has 0 aliphatic rings. The van der Waals surface area contributed by atoms with Gasteiger partial charge in [-0.05, 0) is 0 Å². The first-order valence-corrected chi connectivity index (χ1v) is 0.993. The summed E-state index contributed by atoms with van der Waals surface area (Å²) in [7, 11) is 0. The molecule has 0 unspecified atom stereocenters. The molecule has 0 aromatic rings. The number of rotatable bonds is 0. The SMILES string of the molecule is CC(N)=O.[K].[K]. The number of amides is 1. The fraction of sp³-hybridized carbons (Fsp3) is 0.500. The molecule has 0 heterocycles. The number of hydrogen-bond donors (Lipinski definition) is 1. The van der Waals surface area contributed by atoms with Crippen molar-refractivity contribution < 1.29 is 4.79 Å². The molecular weight excluding hydrogens is 132 g/mol. The average molecular weight is 137 g/mol. The maximum Gasteiger partial charge on any atom is 0.214 e. The second kappa shape index (κ2) is 10.7. The Kier molecular flexibility index (Phi) is 28.3. The second-order valence-electron chi connectivity index (χ2n) is 0.611. The largest absolute Gasteiger partial charge is 0.370 e. The third-order valence-corrected chi connectivity index (χ3v) is 0. The first-order chi connectivity index (χ1) is 1.73. The molecule has 6 heavy (non-hydrogen) atoms. The van der Waals surface area contributed by atoms with Crippen molar-refractivity contribution in [1.82, 2.24) is 0 Å². The van der Waals surface area contributed by atoms with E-state index in [9.17, 15) is 4.79 Å². The van der Waals surface area contributed by atoms with Crippen molar-refractivity contribution in [1.29, 1.82) is 0 Å². The van der Waals surface area contributed by atoms with Crippen LogP contribution in [0.5, 0.6) is 0 Å². The Morgan fingerprint density at radius 2 is 1.50 bits per heavy atom. The zero-order valence-corrected chi connectivity index (χ0v) is 10.7. The molecule has 4 heteroatoms. The van der Waals surface area contributed by atoms with Crippen molar-refractivity contribution in [3.05, 3.63) is 0 Å². The monoisotopic (exact) mass is 137 g/mol. The maximum atomic E-state index is 9.22. The number of nitrogens with two attached hydrogens (primary N) is 1. The Morgan fingerprint density at radius 3 is 1.50 bits per heavy atom. The summed E-state index contributed by atoms with van der Waals surface area (Å²) in [5, 5.41) is 0. The normalized spacial score (nSPS) is 4.17. The molecule has 0 aromatic heterocycles. The molecule has 2 N–H and O–H groups in total. The van der Waals surface area contributed by atoms with Gasteiger partial charge in [0, 0.05) is 110 Å². The van der Waals surface area contributed by atoms with Crippen LogP contribution in [0.4, 0.5) is 0 Å². The predicted octanol–water partition coefficient (Wildman–Crippen LogP) is -1.27. The molecule has 0 bridgehead atoms. The fourth-order valence-corrected chi connectivity index (χ4v) is 0. The molecule has 0 aliphatic heterocycles. The molecule has 0 fully saturated rings. The summed E-state index contributed by atoms with van der Waals surface area (Å²) in [6.07, 6.45) is 0. The molecule has 0 rings (SSSR count). The van der Waals surface area contributed by atoms with Gasteiger partial charge in [-0.1, -0.05) is 0 Å². The summed E-state index contributed by atoms with van der Waals surface area (Å²) in [5.74, 6) is -0.333. The third-order valence-electron chi connectivity index (χ3n) is 0. The topological polar surface area (TPSA) is 43.1 Å². The summed E-state index contributed by atoms with van der Waals surface area (Å²) in [4.78, 5) is 9.22. The van der Waals surface area contributed by atoms with Crippen LogP contribution in [0.1, 0.15) is 6.92 Å². The van der Waals surface area contributed by atoms with Crippen molar-refractivity contribution in [3.8, 4) is 0 Å². The van der Waals surface area contributed by atoms with Crippen molar-refractivity contribution >= 4 is 109 Å². The molecule has 0 atom stereocenters. The molecule has 0 saturated heterocycles. The van der Waals surface area contributed by atoms with E-state index in [1.165, 1.54) is 6.92 Å². The van der Waals surface area contributed by atoms with Gasteiger partial charge < -0.3 is 5.73 Å². The molecule has 0 saturated carbocycles. The standard InChI is InChI=1S/C2H5NO.2K/c1-2(3)4;;/h1H3,(H2,3,4);;. The van der Waals surface area contributed by atoms with Crippen molar-refractivity contribution in [2.24, 2.45) is 5.73 Å². The Bertz CT molecular complexity index is 34.5. The van der Waals surface area contributed by atoms with E-state index in [-0.39, 0.29) is 109 Å². The second-order valence-corrected chi connectivity index (χ2v) is 0.611. The summed E-state index contributed by atoms with van der Waals surface area (Å²) < 4.78 is 0. The first kappa shape index (κ1) is 15.9. The molecule has 2 radical (unpaired) electrons. The number of carbonyl (C=O) groups excluding carboxylic acids is 1. The van der Waals surface area contributed by atoms with Crippen LogP contribution in [-0.2, 0) is 4.79 Å². The maximum absolute atomic E-state index is 9.22. The van der Waals surface area contributed by atoms with E-state index in [0.29, 0.717) is 0 Å². The summed E-state index contributed by atoms with van der Waals surface area (Å²) in [6.45, 7) is 1.31. The third kappa shape index (κ3) is 29.6. The van der Waals surface area contributed by atoms with Crippen molar-refractivity contribution in [2.45, 2.75) is 6.92 Å². The van der Waals surface area contributed by atoms with E-state index < -0.39 is 0 Å². The van der Waals surface area contributed by atoms with Gasteiger partial charge in [0.15, 0.2) is 0 Å². The molecule has 0 spiro atoms. The Hall–Kier alpha value is 2.74. The van der Waals surface area contributed by atoms with Crippen LogP contribution in [0.3, 0.4) is 0 Å². The Morgan fingerprint density at radius 1 is 1.50 bits per heavy atom. The van der Waals surface area contributed by atoms with Crippen LogP contribution in [-0.4, -0.2) is 109 Å². The van der Waals surface area contributed by atoms with Crippen molar-refractivity contribution in [2.75, 3.05) is 0 Å². The van der Waals surface area contributed by atoms with Crippen molar-refractivity contribution in [3.63, 3.8) is 0 Å². The molecule has 0 aliphatic carbocycles. The van der Waals surface area contributed by atoms with Gasteiger partial charge in [-0.2, -0.15) is 0 Å². The van der Waals surface area contributed by atoms with Gasteiger partial charge in [-0.3, -0.25) is 4.79 Å². The number of hydrogen-bond acceptors (Lipinski definition) is 1. The van der Waals surface area contributed by atoms with Crippen LogP contribution in [0, 0.1) is 0 Å². The minimum Gasteiger partial charge on any atom is -0.370 e. The van der Waals surface area contributed by atoms with Gasteiger partial charge in [0.05, 0.1) is 0 Å². The quantitative estimate of drug-likeness (QED) is 0.416. The molecule has 0 aromatic carbocycles. The number of carbonyl (C=O) groups is 1.